The zero-order valence-corrected chi connectivity index (χ0v) is 10.7. The molecule has 0 aliphatic rings. The third-order valence-electron chi connectivity index (χ3n) is 3.13. The minimum atomic E-state index is 0.573. The second-order valence-electron chi connectivity index (χ2n) is 4.44. The Morgan fingerprint density at radius 3 is 2.85 bits per heavy atom. The molecule has 3 aromatic rings. The van der Waals surface area contributed by atoms with E-state index in [1.807, 2.05) is 30.5 Å². The molecular formula is C16H12N4. The van der Waals surface area contributed by atoms with Crippen molar-refractivity contribution < 1.29 is 0 Å². The summed E-state index contributed by atoms with van der Waals surface area (Å²) in [5.74, 6) is 0. The molecule has 0 atom stereocenters. The number of hydrogen-bond acceptors (Lipinski definition) is 4. The zero-order valence-electron chi connectivity index (χ0n) is 10.7. The number of anilines is 3. The van der Waals surface area contributed by atoms with E-state index in [1.54, 1.807) is 24.4 Å². The summed E-state index contributed by atoms with van der Waals surface area (Å²) < 4.78 is 0. The smallest absolute Gasteiger partial charge is 0.0992 e. The number of hydrogen-bond donors (Lipinski definition) is 2. The van der Waals surface area contributed by atoms with Gasteiger partial charge in [-0.25, -0.2) is 0 Å². The summed E-state index contributed by atoms with van der Waals surface area (Å²) in [5.41, 5.74) is 8.80. The number of benzene rings is 2. The molecule has 0 aliphatic heterocycles. The molecule has 96 valence electrons. The summed E-state index contributed by atoms with van der Waals surface area (Å²) in [5, 5.41) is 14.4. The minimum Gasteiger partial charge on any atom is -0.397 e. The quantitative estimate of drug-likeness (QED) is 0.692. The molecule has 0 bridgehead atoms. The van der Waals surface area contributed by atoms with Crippen molar-refractivity contribution in [3.63, 3.8) is 0 Å². The lowest BCUT2D eigenvalue weighted by Gasteiger charge is -2.12. The third-order valence-corrected chi connectivity index (χ3v) is 3.13. The second-order valence-corrected chi connectivity index (χ2v) is 4.44. The van der Waals surface area contributed by atoms with Crippen LogP contribution in [-0.2, 0) is 0 Å². The van der Waals surface area contributed by atoms with Crippen molar-refractivity contribution in [2.45, 2.75) is 0 Å². The van der Waals surface area contributed by atoms with Crippen LogP contribution in [0.15, 0.2) is 54.9 Å². The Hall–Kier alpha value is -3.06. The van der Waals surface area contributed by atoms with Gasteiger partial charge in [0.05, 0.1) is 23.0 Å². The topological polar surface area (TPSA) is 74.7 Å². The first kappa shape index (κ1) is 12.0. The Morgan fingerprint density at radius 2 is 2.00 bits per heavy atom. The Labute approximate surface area is 116 Å². The minimum absolute atomic E-state index is 0.573. The van der Waals surface area contributed by atoms with Gasteiger partial charge in [0.25, 0.3) is 0 Å². The van der Waals surface area contributed by atoms with Gasteiger partial charge in [0.15, 0.2) is 0 Å². The van der Waals surface area contributed by atoms with Crippen LogP contribution in [0, 0.1) is 11.3 Å². The maximum Gasteiger partial charge on any atom is 0.0992 e. The summed E-state index contributed by atoms with van der Waals surface area (Å²) in [6.07, 6.45) is 3.57. The predicted octanol–water partition coefficient (Wildman–Crippen LogP) is 3.43. The SMILES string of the molecule is N#Cc1ccc(N)c(Nc2cccc3cnccc23)c1. The third kappa shape index (κ3) is 2.13. The number of fused-ring (bicyclic) bond motifs is 1. The molecule has 0 amide bonds. The number of pyridine rings is 1. The first-order valence-corrected chi connectivity index (χ1v) is 6.17. The van der Waals surface area contributed by atoms with Crippen molar-refractivity contribution >= 4 is 27.8 Å². The highest BCUT2D eigenvalue weighted by Gasteiger charge is 2.04. The van der Waals surface area contributed by atoms with Gasteiger partial charge in [-0.3, -0.25) is 4.98 Å². The molecule has 0 fully saturated rings. The van der Waals surface area contributed by atoms with Crippen LogP contribution >= 0.6 is 0 Å². The van der Waals surface area contributed by atoms with E-state index < -0.39 is 0 Å². The van der Waals surface area contributed by atoms with E-state index >= 15 is 0 Å². The van der Waals surface area contributed by atoms with Crippen molar-refractivity contribution in [1.82, 2.24) is 4.98 Å². The monoisotopic (exact) mass is 260 g/mol. The van der Waals surface area contributed by atoms with Crippen LogP contribution in [-0.4, -0.2) is 4.98 Å². The van der Waals surface area contributed by atoms with Crippen LogP contribution in [0.1, 0.15) is 5.56 Å². The summed E-state index contributed by atoms with van der Waals surface area (Å²) in [6.45, 7) is 0. The van der Waals surface area contributed by atoms with Crippen molar-refractivity contribution in [2.75, 3.05) is 11.1 Å². The number of rotatable bonds is 2. The van der Waals surface area contributed by atoms with Gasteiger partial charge in [0, 0.05) is 28.9 Å². The highest BCUT2D eigenvalue weighted by Crippen LogP contribution is 2.29. The lowest BCUT2D eigenvalue weighted by atomic mass is 10.1. The van der Waals surface area contributed by atoms with E-state index in [9.17, 15) is 0 Å². The number of aromatic nitrogens is 1. The number of nitriles is 1. The highest BCUT2D eigenvalue weighted by atomic mass is 14.9. The van der Waals surface area contributed by atoms with E-state index in [0.717, 1.165) is 22.1 Å². The van der Waals surface area contributed by atoms with Crippen LogP contribution < -0.4 is 11.1 Å². The van der Waals surface area contributed by atoms with Gasteiger partial charge in [0.2, 0.25) is 0 Å². The first-order chi connectivity index (χ1) is 9.78. The maximum atomic E-state index is 8.96. The number of nitrogens with zero attached hydrogens (tertiary/aromatic N) is 2. The van der Waals surface area contributed by atoms with E-state index in [4.69, 9.17) is 11.0 Å². The molecule has 3 N–H and O–H groups in total. The maximum absolute atomic E-state index is 8.96. The van der Waals surface area contributed by atoms with Crippen LogP contribution in [0.3, 0.4) is 0 Å². The van der Waals surface area contributed by atoms with Crippen LogP contribution in [0.5, 0.6) is 0 Å². The van der Waals surface area contributed by atoms with Crippen molar-refractivity contribution in [3.8, 4) is 6.07 Å². The molecule has 2 aromatic carbocycles. The fourth-order valence-electron chi connectivity index (χ4n) is 2.11. The van der Waals surface area contributed by atoms with E-state index in [-0.39, 0.29) is 0 Å². The van der Waals surface area contributed by atoms with Crippen molar-refractivity contribution in [2.24, 2.45) is 0 Å². The predicted molar refractivity (Wildman–Crippen MR) is 80.6 cm³/mol. The molecule has 0 saturated heterocycles. The van der Waals surface area contributed by atoms with Crippen LogP contribution in [0.25, 0.3) is 10.8 Å². The molecule has 0 unspecified atom stereocenters. The summed E-state index contributed by atoms with van der Waals surface area (Å²) in [7, 11) is 0. The van der Waals surface area contributed by atoms with Gasteiger partial charge in [-0.15, -0.1) is 0 Å². The zero-order chi connectivity index (χ0) is 13.9. The van der Waals surface area contributed by atoms with Crippen molar-refractivity contribution in [1.29, 1.82) is 5.26 Å². The highest BCUT2D eigenvalue weighted by molar-refractivity contribution is 5.95. The van der Waals surface area contributed by atoms with Crippen molar-refractivity contribution in [3.05, 3.63) is 60.4 Å². The molecule has 1 aromatic heterocycles. The molecule has 4 heteroatoms. The van der Waals surface area contributed by atoms with E-state index in [2.05, 4.69) is 16.4 Å². The molecule has 3 rings (SSSR count). The largest absolute Gasteiger partial charge is 0.397 e. The first-order valence-electron chi connectivity index (χ1n) is 6.17. The molecule has 0 aliphatic carbocycles. The molecule has 20 heavy (non-hydrogen) atoms. The van der Waals surface area contributed by atoms with Gasteiger partial charge in [0.1, 0.15) is 0 Å². The molecule has 4 nitrogen and oxygen atoms in total. The lowest BCUT2D eigenvalue weighted by molar-refractivity contribution is 1.36. The molecule has 0 spiro atoms. The standard InChI is InChI=1S/C16H12N4/c17-9-11-4-5-14(18)16(8-11)20-15-3-1-2-12-10-19-7-6-13(12)15/h1-8,10,20H,18H2. The van der Waals surface area contributed by atoms with Gasteiger partial charge >= 0.3 is 0 Å². The molecule has 1 heterocycles. The second kappa shape index (κ2) is 4.90. The summed E-state index contributed by atoms with van der Waals surface area (Å²) >= 11 is 0. The molecular weight excluding hydrogens is 248 g/mol. The number of nitrogens with one attached hydrogen (secondary N) is 1. The summed E-state index contributed by atoms with van der Waals surface area (Å²) in [4.78, 5) is 4.11. The Balaban J connectivity index is 2.08. The van der Waals surface area contributed by atoms with Crippen LogP contribution in [0.4, 0.5) is 17.1 Å². The fraction of sp³-hybridized carbons (Fsp3) is 0. The van der Waals surface area contributed by atoms with E-state index in [1.165, 1.54) is 0 Å². The molecule has 0 radical (unpaired) electrons. The average Bonchev–Trinajstić information content (AvgIpc) is 2.50. The van der Waals surface area contributed by atoms with Gasteiger partial charge in [-0.1, -0.05) is 12.1 Å². The number of nitrogen functional groups attached to an aromatic ring is 1. The fourth-order valence-corrected chi connectivity index (χ4v) is 2.11. The Kier molecular flexibility index (Phi) is 2.94. The normalized spacial score (nSPS) is 10.2. The van der Waals surface area contributed by atoms with Crippen LogP contribution in [0.2, 0.25) is 0 Å². The van der Waals surface area contributed by atoms with E-state index in [0.29, 0.717) is 11.3 Å². The Bertz CT molecular complexity index is 813. The van der Waals surface area contributed by atoms with Gasteiger partial charge in [-0.2, -0.15) is 5.26 Å². The lowest BCUT2D eigenvalue weighted by Crippen LogP contribution is -1.97. The van der Waals surface area contributed by atoms with Gasteiger partial charge in [-0.05, 0) is 30.3 Å². The average molecular weight is 260 g/mol. The summed E-state index contributed by atoms with van der Waals surface area (Å²) in [6, 6.07) is 15.2. The molecule has 0 saturated carbocycles. The Morgan fingerprint density at radius 1 is 1.10 bits per heavy atom. The van der Waals surface area contributed by atoms with Gasteiger partial charge < -0.3 is 11.1 Å². The number of nitrogens with two attached hydrogens (primary N) is 1.